The summed E-state index contributed by atoms with van der Waals surface area (Å²) in [7, 11) is 1.66. The number of rotatable bonds is 7. The van der Waals surface area contributed by atoms with E-state index >= 15 is 0 Å². The predicted octanol–water partition coefficient (Wildman–Crippen LogP) is 3.75. The van der Waals surface area contributed by atoms with Crippen LogP contribution in [0.1, 0.15) is 24.1 Å². The van der Waals surface area contributed by atoms with Gasteiger partial charge in [-0.2, -0.15) is 0 Å². The third-order valence-electron chi connectivity index (χ3n) is 3.31. The van der Waals surface area contributed by atoms with E-state index in [9.17, 15) is 0 Å². The lowest BCUT2D eigenvalue weighted by atomic mass is 10.2. The maximum Gasteiger partial charge on any atom is 0.175 e. The molecule has 21 heavy (non-hydrogen) atoms. The van der Waals surface area contributed by atoms with E-state index in [-0.39, 0.29) is 0 Å². The van der Waals surface area contributed by atoms with Gasteiger partial charge in [0.1, 0.15) is 6.61 Å². The molecular formula is C15H17BrN2O2S. The number of methoxy groups -OCH3 is 1. The molecule has 1 heterocycles. The van der Waals surface area contributed by atoms with Crippen LogP contribution in [0.4, 0.5) is 0 Å². The molecule has 0 aliphatic heterocycles. The average molecular weight is 369 g/mol. The van der Waals surface area contributed by atoms with Gasteiger partial charge in [0, 0.05) is 18.0 Å². The van der Waals surface area contributed by atoms with Crippen molar-refractivity contribution in [3.63, 3.8) is 0 Å². The van der Waals surface area contributed by atoms with E-state index in [0.717, 1.165) is 28.2 Å². The zero-order chi connectivity index (χ0) is 14.7. The summed E-state index contributed by atoms with van der Waals surface area (Å²) in [5.74, 6) is 1.47. The number of aromatic nitrogens is 1. The molecule has 1 aromatic heterocycles. The number of hydrogen-bond acceptors (Lipinski definition) is 5. The smallest absolute Gasteiger partial charge is 0.175 e. The zero-order valence-corrected chi connectivity index (χ0v) is 14.2. The molecule has 3 rings (SSSR count). The summed E-state index contributed by atoms with van der Waals surface area (Å²) in [6.07, 6.45) is 2.57. The lowest BCUT2D eigenvalue weighted by molar-refractivity contribution is 0.279. The highest BCUT2D eigenvalue weighted by Crippen LogP contribution is 2.37. The van der Waals surface area contributed by atoms with Crippen molar-refractivity contribution in [2.75, 3.05) is 7.11 Å². The van der Waals surface area contributed by atoms with Gasteiger partial charge >= 0.3 is 0 Å². The number of ether oxygens (including phenoxy) is 2. The SMILES string of the molecule is COc1cc(CNC2CC2)cc(Br)c1OCc1cscn1. The lowest BCUT2D eigenvalue weighted by Gasteiger charge is -2.14. The Hall–Kier alpha value is -1.11. The van der Waals surface area contributed by atoms with Crippen LogP contribution in [-0.2, 0) is 13.2 Å². The van der Waals surface area contributed by atoms with Gasteiger partial charge in [0.2, 0.25) is 0 Å². The minimum absolute atomic E-state index is 0.443. The van der Waals surface area contributed by atoms with Crippen LogP contribution in [0.2, 0.25) is 0 Å². The first-order valence-electron chi connectivity index (χ1n) is 6.86. The van der Waals surface area contributed by atoms with Gasteiger partial charge in [0.25, 0.3) is 0 Å². The Kier molecular flexibility index (Phi) is 4.77. The van der Waals surface area contributed by atoms with Crippen molar-refractivity contribution in [2.24, 2.45) is 0 Å². The summed E-state index contributed by atoms with van der Waals surface area (Å²) in [5, 5.41) is 5.48. The second kappa shape index (κ2) is 6.77. The fourth-order valence-corrected chi connectivity index (χ4v) is 3.17. The van der Waals surface area contributed by atoms with Crippen LogP contribution in [0.15, 0.2) is 27.5 Å². The molecule has 1 aliphatic carbocycles. The highest BCUT2D eigenvalue weighted by atomic mass is 79.9. The third kappa shape index (κ3) is 3.96. The van der Waals surface area contributed by atoms with Crippen molar-refractivity contribution in [1.29, 1.82) is 0 Å². The van der Waals surface area contributed by atoms with Gasteiger partial charge in [-0.15, -0.1) is 11.3 Å². The van der Waals surface area contributed by atoms with Gasteiger partial charge in [0.15, 0.2) is 11.5 Å². The van der Waals surface area contributed by atoms with E-state index in [4.69, 9.17) is 9.47 Å². The molecule has 0 atom stereocenters. The first-order chi connectivity index (χ1) is 10.3. The standard InChI is InChI=1S/C15H17BrN2O2S/c1-19-14-5-10(6-17-11-2-3-11)4-13(16)15(14)20-7-12-8-21-9-18-12/h4-5,8-9,11,17H,2-3,6-7H2,1H3. The van der Waals surface area contributed by atoms with Crippen LogP contribution >= 0.6 is 27.3 Å². The van der Waals surface area contributed by atoms with Crippen molar-refractivity contribution in [3.05, 3.63) is 38.8 Å². The van der Waals surface area contributed by atoms with Gasteiger partial charge in [-0.25, -0.2) is 4.98 Å². The maximum atomic E-state index is 5.85. The monoisotopic (exact) mass is 368 g/mol. The van der Waals surface area contributed by atoms with E-state index in [1.807, 2.05) is 11.4 Å². The number of halogens is 1. The van der Waals surface area contributed by atoms with E-state index in [2.05, 4.69) is 32.3 Å². The summed E-state index contributed by atoms with van der Waals surface area (Å²) >= 11 is 5.14. The number of benzene rings is 1. The molecule has 2 aromatic rings. The topological polar surface area (TPSA) is 43.4 Å². The van der Waals surface area contributed by atoms with Gasteiger partial charge in [-0.3, -0.25) is 0 Å². The maximum absolute atomic E-state index is 5.85. The van der Waals surface area contributed by atoms with E-state index in [1.165, 1.54) is 18.4 Å². The highest BCUT2D eigenvalue weighted by Gasteiger charge is 2.20. The van der Waals surface area contributed by atoms with E-state index in [1.54, 1.807) is 24.0 Å². The first-order valence-corrected chi connectivity index (χ1v) is 8.59. The molecule has 1 aromatic carbocycles. The number of nitrogens with one attached hydrogen (secondary N) is 1. The molecule has 0 radical (unpaired) electrons. The molecule has 1 saturated carbocycles. The third-order valence-corrected chi connectivity index (χ3v) is 4.53. The Balaban J connectivity index is 1.71. The number of hydrogen-bond donors (Lipinski definition) is 1. The second-order valence-corrected chi connectivity index (χ2v) is 6.61. The van der Waals surface area contributed by atoms with Crippen molar-refractivity contribution in [3.8, 4) is 11.5 Å². The van der Waals surface area contributed by atoms with E-state index in [0.29, 0.717) is 12.6 Å². The van der Waals surface area contributed by atoms with Gasteiger partial charge in [-0.05, 0) is 46.5 Å². The van der Waals surface area contributed by atoms with Crippen molar-refractivity contribution in [1.82, 2.24) is 10.3 Å². The van der Waals surface area contributed by atoms with Gasteiger partial charge in [0.05, 0.1) is 22.8 Å². The molecular weight excluding hydrogens is 352 g/mol. The summed E-state index contributed by atoms with van der Waals surface area (Å²) in [6.45, 7) is 1.30. The van der Waals surface area contributed by atoms with Crippen LogP contribution in [0.25, 0.3) is 0 Å². The Morgan fingerprint density at radius 1 is 1.43 bits per heavy atom. The van der Waals surface area contributed by atoms with Crippen LogP contribution in [0.5, 0.6) is 11.5 Å². The van der Waals surface area contributed by atoms with Crippen molar-refractivity contribution >= 4 is 27.3 Å². The molecule has 0 spiro atoms. The number of nitrogens with zero attached hydrogens (tertiary/aromatic N) is 1. The molecule has 4 nitrogen and oxygen atoms in total. The molecule has 1 aliphatic rings. The second-order valence-electron chi connectivity index (χ2n) is 5.03. The molecule has 6 heteroatoms. The fraction of sp³-hybridized carbons (Fsp3) is 0.400. The van der Waals surface area contributed by atoms with Crippen LogP contribution in [-0.4, -0.2) is 18.1 Å². The van der Waals surface area contributed by atoms with Crippen molar-refractivity contribution in [2.45, 2.75) is 32.0 Å². The Morgan fingerprint density at radius 3 is 2.95 bits per heavy atom. The molecule has 0 bridgehead atoms. The zero-order valence-electron chi connectivity index (χ0n) is 11.8. The lowest BCUT2D eigenvalue weighted by Crippen LogP contribution is -2.15. The van der Waals surface area contributed by atoms with Gasteiger partial charge in [-0.1, -0.05) is 0 Å². The Bertz CT molecular complexity index is 600. The largest absolute Gasteiger partial charge is 0.493 e. The van der Waals surface area contributed by atoms with Crippen molar-refractivity contribution < 1.29 is 9.47 Å². The Labute approximate surface area is 136 Å². The molecule has 0 unspecified atom stereocenters. The normalized spacial score (nSPS) is 14.2. The predicted molar refractivity (Wildman–Crippen MR) is 87.0 cm³/mol. The first kappa shape index (κ1) is 14.8. The summed E-state index contributed by atoms with van der Waals surface area (Å²) < 4.78 is 12.2. The van der Waals surface area contributed by atoms with E-state index < -0.39 is 0 Å². The molecule has 0 amide bonds. The fourth-order valence-electron chi connectivity index (χ4n) is 2.02. The van der Waals surface area contributed by atoms with Gasteiger partial charge < -0.3 is 14.8 Å². The average Bonchev–Trinajstić information content (AvgIpc) is 3.17. The van der Waals surface area contributed by atoms with Crippen LogP contribution in [0.3, 0.4) is 0 Å². The minimum atomic E-state index is 0.443. The molecule has 112 valence electrons. The Morgan fingerprint density at radius 2 is 2.29 bits per heavy atom. The van der Waals surface area contributed by atoms with Crippen LogP contribution < -0.4 is 14.8 Å². The molecule has 1 N–H and O–H groups in total. The van der Waals surface area contributed by atoms with Crippen LogP contribution in [0, 0.1) is 0 Å². The summed E-state index contributed by atoms with van der Waals surface area (Å²) in [5.41, 5.74) is 3.91. The summed E-state index contributed by atoms with van der Waals surface area (Å²) in [6, 6.07) is 4.79. The number of thiazole rings is 1. The minimum Gasteiger partial charge on any atom is -0.493 e. The molecule has 1 fully saturated rings. The highest BCUT2D eigenvalue weighted by molar-refractivity contribution is 9.10. The molecule has 0 saturated heterocycles. The summed E-state index contributed by atoms with van der Waals surface area (Å²) in [4.78, 5) is 4.22. The quantitative estimate of drug-likeness (QED) is 0.808.